The summed E-state index contributed by atoms with van der Waals surface area (Å²) in [7, 11) is 0. The quantitative estimate of drug-likeness (QED) is 0.755. The molecule has 1 saturated heterocycles. The molecule has 3 aromatic heterocycles. The van der Waals surface area contributed by atoms with Crippen LogP contribution in [-0.2, 0) is 11.3 Å². The maximum atomic E-state index is 12.8. The van der Waals surface area contributed by atoms with Crippen LogP contribution in [0.5, 0.6) is 0 Å². The molecule has 130 valence electrons. The molecular formula is C16H18N6O2S. The van der Waals surface area contributed by atoms with Crippen molar-refractivity contribution in [2.45, 2.75) is 25.3 Å². The van der Waals surface area contributed by atoms with Crippen LogP contribution in [0, 0.1) is 0 Å². The van der Waals surface area contributed by atoms with Crippen LogP contribution in [0.1, 0.15) is 35.1 Å². The van der Waals surface area contributed by atoms with Crippen molar-refractivity contribution in [2.75, 3.05) is 13.1 Å². The van der Waals surface area contributed by atoms with Crippen LogP contribution in [0.25, 0.3) is 4.96 Å². The zero-order valence-electron chi connectivity index (χ0n) is 13.5. The Labute approximate surface area is 147 Å². The first-order valence-electron chi connectivity index (χ1n) is 8.12. The smallest absolute Gasteiger partial charge is 0.274 e. The van der Waals surface area contributed by atoms with E-state index in [0.717, 1.165) is 23.6 Å². The van der Waals surface area contributed by atoms with Gasteiger partial charge in [-0.1, -0.05) is 0 Å². The number of primary amides is 1. The molecule has 0 aliphatic carbocycles. The molecule has 0 saturated carbocycles. The average molecular weight is 358 g/mol. The monoisotopic (exact) mass is 358 g/mol. The number of aromatic nitrogens is 4. The zero-order chi connectivity index (χ0) is 17.4. The molecule has 0 aromatic carbocycles. The molecular weight excluding hydrogens is 340 g/mol. The largest absolute Gasteiger partial charge is 0.368 e. The van der Waals surface area contributed by atoms with Gasteiger partial charge in [0.2, 0.25) is 5.91 Å². The third-order valence-corrected chi connectivity index (χ3v) is 5.23. The van der Waals surface area contributed by atoms with Gasteiger partial charge >= 0.3 is 0 Å². The molecule has 1 aliphatic heterocycles. The van der Waals surface area contributed by atoms with Crippen molar-refractivity contribution >= 4 is 28.1 Å². The van der Waals surface area contributed by atoms with Gasteiger partial charge < -0.3 is 15.2 Å². The summed E-state index contributed by atoms with van der Waals surface area (Å²) in [5.41, 5.74) is 5.76. The third kappa shape index (κ3) is 3.02. The number of nitrogens with zero attached hydrogens (tertiary/aromatic N) is 5. The molecule has 4 rings (SSSR count). The summed E-state index contributed by atoms with van der Waals surface area (Å²) in [6.07, 6.45) is 8.90. The van der Waals surface area contributed by atoms with E-state index in [2.05, 4.69) is 9.97 Å². The standard InChI is InChI=1S/C16H18N6O2S/c17-13(23)10-20-5-3-18-14(20)11-2-1-4-21(8-11)15(24)12-9-22-6-7-25-16(22)19-12/h3,5-7,9,11H,1-2,4,8,10H2,(H2,17,23)/t11-/m0/s1. The fraction of sp³-hybridized carbons (Fsp3) is 0.375. The van der Waals surface area contributed by atoms with Crippen molar-refractivity contribution in [3.05, 3.63) is 41.7 Å². The molecule has 2 N–H and O–H groups in total. The molecule has 0 spiro atoms. The van der Waals surface area contributed by atoms with Crippen LogP contribution in [0.15, 0.2) is 30.2 Å². The van der Waals surface area contributed by atoms with E-state index in [1.54, 1.807) is 23.2 Å². The second-order valence-electron chi connectivity index (χ2n) is 6.19. The van der Waals surface area contributed by atoms with Crippen molar-refractivity contribution in [2.24, 2.45) is 5.73 Å². The van der Waals surface area contributed by atoms with Crippen LogP contribution in [-0.4, -0.2) is 48.7 Å². The first-order valence-corrected chi connectivity index (χ1v) is 9.00. The zero-order valence-corrected chi connectivity index (χ0v) is 14.4. The highest BCUT2D eigenvalue weighted by Crippen LogP contribution is 2.27. The Morgan fingerprint density at radius 1 is 1.36 bits per heavy atom. The first kappa shape index (κ1) is 15.8. The summed E-state index contributed by atoms with van der Waals surface area (Å²) in [5, 5.41) is 1.94. The van der Waals surface area contributed by atoms with E-state index in [1.807, 2.05) is 20.9 Å². The Hall–Kier alpha value is -2.68. The van der Waals surface area contributed by atoms with Crippen molar-refractivity contribution < 1.29 is 9.59 Å². The van der Waals surface area contributed by atoms with Gasteiger partial charge in [-0.05, 0) is 12.8 Å². The van der Waals surface area contributed by atoms with Gasteiger partial charge in [0.05, 0.1) is 0 Å². The van der Waals surface area contributed by atoms with E-state index >= 15 is 0 Å². The fourth-order valence-electron chi connectivity index (χ4n) is 3.35. The van der Waals surface area contributed by atoms with Crippen molar-refractivity contribution in [1.82, 2.24) is 23.8 Å². The number of hydrogen-bond acceptors (Lipinski definition) is 5. The maximum Gasteiger partial charge on any atom is 0.274 e. The van der Waals surface area contributed by atoms with Crippen molar-refractivity contribution in [1.29, 1.82) is 0 Å². The predicted octanol–water partition coefficient (Wildman–Crippen LogP) is 1.10. The Kier molecular flexibility index (Phi) is 4.00. The van der Waals surface area contributed by atoms with E-state index in [1.165, 1.54) is 11.3 Å². The third-order valence-electron chi connectivity index (χ3n) is 4.46. The number of carbonyl (C=O) groups excluding carboxylic acids is 2. The summed E-state index contributed by atoms with van der Waals surface area (Å²) in [4.78, 5) is 35.4. The van der Waals surface area contributed by atoms with Gasteiger partial charge in [0.25, 0.3) is 5.91 Å². The topological polar surface area (TPSA) is 98.5 Å². The van der Waals surface area contributed by atoms with E-state index in [9.17, 15) is 9.59 Å². The molecule has 4 heterocycles. The summed E-state index contributed by atoms with van der Waals surface area (Å²) >= 11 is 1.50. The van der Waals surface area contributed by atoms with Crippen LogP contribution >= 0.6 is 11.3 Å². The van der Waals surface area contributed by atoms with Gasteiger partial charge in [0.15, 0.2) is 4.96 Å². The minimum atomic E-state index is -0.402. The lowest BCUT2D eigenvalue weighted by molar-refractivity contribution is -0.118. The van der Waals surface area contributed by atoms with Crippen LogP contribution in [0.2, 0.25) is 0 Å². The number of carbonyl (C=O) groups is 2. The highest BCUT2D eigenvalue weighted by atomic mass is 32.1. The number of thiazole rings is 1. The van der Waals surface area contributed by atoms with Crippen LogP contribution in [0.4, 0.5) is 0 Å². The number of imidazole rings is 2. The van der Waals surface area contributed by atoms with E-state index in [0.29, 0.717) is 18.8 Å². The lowest BCUT2D eigenvalue weighted by atomic mass is 9.97. The second-order valence-corrected chi connectivity index (χ2v) is 7.06. The second kappa shape index (κ2) is 6.32. The molecule has 3 aromatic rings. The molecule has 0 bridgehead atoms. The van der Waals surface area contributed by atoms with Crippen LogP contribution in [0.3, 0.4) is 0 Å². The minimum Gasteiger partial charge on any atom is -0.368 e. The number of fused-ring (bicyclic) bond motifs is 1. The van der Waals surface area contributed by atoms with E-state index in [4.69, 9.17) is 5.73 Å². The first-order chi connectivity index (χ1) is 12.1. The van der Waals surface area contributed by atoms with Crippen molar-refractivity contribution in [3.63, 3.8) is 0 Å². The van der Waals surface area contributed by atoms with Crippen LogP contribution < -0.4 is 5.73 Å². The number of piperidine rings is 1. The Bertz CT molecular complexity index is 898. The molecule has 8 nitrogen and oxygen atoms in total. The Balaban J connectivity index is 1.52. The lowest BCUT2D eigenvalue weighted by Gasteiger charge is -2.32. The molecule has 0 radical (unpaired) electrons. The number of nitrogens with two attached hydrogens (primary N) is 1. The number of rotatable bonds is 4. The normalized spacial score (nSPS) is 17.9. The van der Waals surface area contributed by atoms with E-state index in [-0.39, 0.29) is 18.4 Å². The molecule has 1 atom stereocenters. The predicted molar refractivity (Wildman–Crippen MR) is 92.4 cm³/mol. The molecule has 9 heteroatoms. The summed E-state index contributed by atoms with van der Waals surface area (Å²) in [5.74, 6) is 0.438. The highest BCUT2D eigenvalue weighted by molar-refractivity contribution is 7.15. The highest BCUT2D eigenvalue weighted by Gasteiger charge is 2.29. The molecule has 0 unspecified atom stereocenters. The van der Waals surface area contributed by atoms with Gasteiger partial charge in [0, 0.05) is 49.2 Å². The SMILES string of the molecule is NC(=O)Cn1ccnc1[C@H]1CCCN(C(=O)c2cn3ccsc3n2)C1. The number of hydrogen-bond donors (Lipinski definition) is 1. The number of amides is 2. The van der Waals surface area contributed by atoms with Gasteiger partial charge in [-0.25, -0.2) is 9.97 Å². The number of likely N-dealkylation sites (tertiary alicyclic amines) is 1. The van der Waals surface area contributed by atoms with E-state index < -0.39 is 5.91 Å². The van der Waals surface area contributed by atoms with Gasteiger partial charge in [0.1, 0.15) is 18.1 Å². The van der Waals surface area contributed by atoms with Crippen molar-refractivity contribution in [3.8, 4) is 0 Å². The Morgan fingerprint density at radius 2 is 2.24 bits per heavy atom. The Morgan fingerprint density at radius 3 is 3.04 bits per heavy atom. The van der Waals surface area contributed by atoms with Gasteiger partial charge in [-0.15, -0.1) is 11.3 Å². The molecule has 25 heavy (non-hydrogen) atoms. The summed E-state index contributed by atoms with van der Waals surface area (Å²) in [6.45, 7) is 1.38. The van der Waals surface area contributed by atoms with Gasteiger partial charge in [-0.3, -0.25) is 14.0 Å². The summed E-state index contributed by atoms with van der Waals surface area (Å²) < 4.78 is 3.63. The lowest BCUT2D eigenvalue weighted by Crippen LogP contribution is -2.40. The maximum absolute atomic E-state index is 12.8. The average Bonchev–Trinajstić information content (AvgIpc) is 3.29. The minimum absolute atomic E-state index is 0.0615. The summed E-state index contributed by atoms with van der Waals surface area (Å²) in [6, 6.07) is 0. The molecule has 2 amide bonds. The molecule has 1 fully saturated rings. The van der Waals surface area contributed by atoms with Gasteiger partial charge in [-0.2, -0.15) is 0 Å². The fourth-order valence-corrected chi connectivity index (χ4v) is 4.05. The molecule has 1 aliphatic rings.